The highest BCUT2D eigenvalue weighted by molar-refractivity contribution is 6.61. The summed E-state index contributed by atoms with van der Waals surface area (Å²) in [4.78, 5) is 4.71. The fraction of sp³-hybridized carbons (Fsp3) is 1.00. The van der Waals surface area contributed by atoms with Crippen molar-refractivity contribution in [1.29, 1.82) is 0 Å². The Kier molecular flexibility index (Phi) is 7.95. The summed E-state index contributed by atoms with van der Waals surface area (Å²) in [6, 6.07) is 1.88. The predicted molar refractivity (Wildman–Crippen MR) is 108 cm³/mol. The second-order valence-corrected chi connectivity index (χ2v) is 13.5. The zero-order chi connectivity index (χ0) is 19.1. The molecule has 0 unspecified atom stereocenters. The quantitative estimate of drug-likeness (QED) is 0.439. The summed E-state index contributed by atoms with van der Waals surface area (Å²) in [6.45, 7) is 10.5. The van der Waals surface area contributed by atoms with Crippen LogP contribution in [0.5, 0.6) is 0 Å². The fourth-order valence-electron chi connectivity index (χ4n) is 4.37. The van der Waals surface area contributed by atoms with Crippen molar-refractivity contribution in [2.75, 3.05) is 78.9 Å². The first-order chi connectivity index (χ1) is 13.8. The van der Waals surface area contributed by atoms with Crippen molar-refractivity contribution in [2.45, 2.75) is 37.8 Å². The lowest BCUT2D eigenvalue weighted by Crippen LogP contribution is -2.55. The molecule has 0 spiro atoms. The summed E-state index contributed by atoms with van der Waals surface area (Å²) in [6.07, 6.45) is 4.52. The maximum absolute atomic E-state index is 6.12. The van der Waals surface area contributed by atoms with E-state index in [2.05, 4.69) is 9.80 Å². The Morgan fingerprint density at radius 2 is 0.714 bits per heavy atom. The molecule has 6 aliphatic heterocycles. The number of hydrogen-bond donors (Lipinski definition) is 0. The third kappa shape index (κ3) is 5.84. The first-order valence-corrected chi connectivity index (χ1v) is 14.9. The van der Waals surface area contributed by atoms with E-state index in [1.165, 1.54) is 0 Å². The van der Waals surface area contributed by atoms with Gasteiger partial charge in [-0.1, -0.05) is 12.8 Å². The molecule has 0 aromatic heterocycles. The third-order valence-corrected chi connectivity index (χ3v) is 11.9. The summed E-state index contributed by atoms with van der Waals surface area (Å²) in [5, 5.41) is 0. The second-order valence-electron chi connectivity index (χ2n) is 8.05. The first-order valence-electron chi connectivity index (χ1n) is 11.1. The minimum Gasteiger partial charge on any atom is -0.372 e. The molecule has 10 heteroatoms. The largest absolute Gasteiger partial charge is 0.501 e. The van der Waals surface area contributed by atoms with E-state index >= 15 is 0 Å². The molecule has 6 heterocycles. The van der Waals surface area contributed by atoms with Crippen LogP contribution in [0.1, 0.15) is 25.7 Å². The van der Waals surface area contributed by atoms with Crippen LogP contribution in [0, 0.1) is 0 Å². The van der Waals surface area contributed by atoms with Crippen molar-refractivity contribution in [3.63, 3.8) is 0 Å². The molecule has 6 rings (SSSR count). The van der Waals surface area contributed by atoms with Crippen LogP contribution in [0.15, 0.2) is 0 Å². The van der Waals surface area contributed by atoms with Gasteiger partial charge in [-0.3, -0.25) is 9.80 Å². The van der Waals surface area contributed by atoms with E-state index in [4.69, 9.17) is 26.6 Å². The van der Waals surface area contributed by atoms with E-state index < -0.39 is 17.6 Å². The maximum atomic E-state index is 6.12. The Morgan fingerprint density at radius 1 is 0.429 bits per heavy atom. The SMILES string of the molecule is C(CCC[Si]12OCCN(CCO1)CCO2)CC[Si]12OCCN(CCO1)CCO2. The zero-order valence-corrected chi connectivity index (χ0v) is 19.1. The molecule has 0 aliphatic carbocycles. The molecule has 8 nitrogen and oxygen atoms in total. The molecule has 6 saturated heterocycles. The topological polar surface area (TPSA) is 61.9 Å². The van der Waals surface area contributed by atoms with E-state index in [0.29, 0.717) is 0 Å². The van der Waals surface area contributed by atoms with Gasteiger partial charge in [0.1, 0.15) is 0 Å². The van der Waals surface area contributed by atoms with E-state index in [1.54, 1.807) is 0 Å². The summed E-state index contributed by atoms with van der Waals surface area (Å²) in [5.74, 6) is 0. The molecular formula is C18H36N2O6Si2. The lowest BCUT2D eigenvalue weighted by Gasteiger charge is -2.38. The molecule has 0 amide bonds. The second kappa shape index (κ2) is 10.4. The van der Waals surface area contributed by atoms with E-state index in [9.17, 15) is 0 Å². The van der Waals surface area contributed by atoms with Gasteiger partial charge in [0.15, 0.2) is 0 Å². The summed E-state index contributed by atoms with van der Waals surface area (Å²) < 4.78 is 36.7. The van der Waals surface area contributed by atoms with Crippen molar-refractivity contribution >= 4 is 17.6 Å². The van der Waals surface area contributed by atoms with Gasteiger partial charge in [0.2, 0.25) is 0 Å². The van der Waals surface area contributed by atoms with E-state index in [-0.39, 0.29) is 0 Å². The molecule has 162 valence electrons. The van der Waals surface area contributed by atoms with Gasteiger partial charge < -0.3 is 26.6 Å². The molecule has 6 aliphatic rings. The highest BCUT2D eigenvalue weighted by Crippen LogP contribution is 2.26. The zero-order valence-electron chi connectivity index (χ0n) is 17.1. The van der Waals surface area contributed by atoms with Crippen LogP contribution >= 0.6 is 0 Å². The number of rotatable bonds is 7. The van der Waals surface area contributed by atoms with Gasteiger partial charge in [0, 0.05) is 51.4 Å². The summed E-state index contributed by atoms with van der Waals surface area (Å²) >= 11 is 0. The third-order valence-electron chi connectivity index (χ3n) is 6.09. The molecule has 6 fully saturated rings. The van der Waals surface area contributed by atoms with Crippen molar-refractivity contribution in [3.8, 4) is 0 Å². The van der Waals surface area contributed by atoms with Gasteiger partial charge in [-0.05, 0) is 12.8 Å². The Hall–Kier alpha value is 0.114. The van der Waals surface area contributed by atoms with Crippen LogP contribution in [0.4, 0.5) is 0 Å². The Labute approximate surface area is 171 Å². The molecular weight excluding hydrogens is 396 g/mol. The van der Waals surface area contributed by atoms with Crippen LogP contribution in [-0.2, 0) is 26.6 Å². The predicted octanol–water partition coefficient (Wildman–Crippen LogP) is 1.18. The number of nitrogens with zero attached hydrogens (tertiary/aromatic N) is 2. The number of hydrogen-bond acceptors (Lipinski definition) is 8. The van der Waals surface area contributed by atoms with Crippen LogP contribution < -0.4 is 0 Å². The van der Waals surface area contributed by atoms with Gasteiger partial charge in [0.25, 0.3) is 0 Å². The molecule has 28 heavy (non-hydrogen) atoms. The number of fused-ring (bicyclic) bond motifs is 12. The van der Waals surface area contributed by atoms with E-state index in [0.717, 1.165) is 117 Å². The first kappa shape index (κ1) is 21.3. The Balaban J connectivity index is 1.17. The lowest BCUT2D eigenvalue weighted by atomic mass is 10.2. The van der Waals surface area contributed by atoms with Crippen molar-refractivity contribution < 1.29 is 26.6 Å². The van der Waals surface area contributed by atoms with Crippen molar-refractivity contribution in [1.82, 2.24) is 9.80 Å². The molecule has 0 aromatic carbocycles. The van der Waals surface area contributed by atoms with Crippen LogP contribution in [0.3, 0.4) is 0 Å². The molecule has 0 atom stereocenters. The Morgan fingerprint density at radius 3 is 1.00 bits per heavy atom. The minimum atomic E-state index is -2.45. The smallest absolute Gasteiger partial charge is 0.372 e. The maximum Gasteiger partial charge on any atom is 0.501 e. The minimum absolute atomic E-state index is 0.740. The van der Waals surface area contributed by atoms with Crippen LogP contribution in [0.25, 0.3) is 0 Å². The highest BCUT2D eigenvalue weighted by atomic mass is 28.4. The fourth-order valence-corrected chi connectivity index (χ4v) is 9.52. The normalized spacial score (nSPS) is 39.4. The Bertz CT molecular complexity index is 394. The highest BCUT2D eigenvalue weighted by Gasteiger charge is 2.44. The lowest BCUT2D eigenvalue weighted by molar-refractivity contribution is -0.00963. The van der Waals surface area contributed by atoms with Crippen LogP contribution in [-0.4, -0.2) is 106 Å². The van der Waals surface area contributed by atoms with Gasteiger partial charge in [0.05, 0.1) is 39.6 Å². The standard InChI is InChI=1S/C18H36N2O6Si2/c1(3-17-27-21-11-5-19(6-12-22-27)7-13-23-27)2-4-18-28-24-14-8-20(9-15-25-28)10-16-26-28/h1-18H2. The van der Waals surface area contributed by atoms with Crippen molar-refractivity contribution in [2.24, 2.45) is 0 Å². The van der Waals surface area contributed by atoms with E-state index in [1.807, 2.05) is 0 Å². The molecule has 4 bridgehead atoms. The van der Waals surface area contributed by atoms with Gasteiger partial charge >= 0.3 is 17.6 Å². The number of unbranched alkanes of at least 4 members (excludes halogenated alkanes) is 3. The molecule has 0 radical (unpaired) electrons. The molecule has 0 N–H and O–H groups in total. The van der Waals surface area contributed by atoms with Crippen molar-refractivity contribution in [3.05, 3.63) is 0 Å². The summed E-state index contributed by atoms with van der Waals surface area (Å²) in [5.41, 5.74) is 0. The van der Waals surface area contributed by atoms with Crippen LogP contribution in [0.2, 0.25) is 12.1 Å². The van der Waals surface area contributed by atoms with Gasteiger partial charge in [-0.15, -0.1) is 0 Å². The van der Waals surface area contributed by atoms with Gasteiger partial charge in [-0.25, -0.2) is 0 Å². The molecule has 0 saturated carbocycles. The summed E-state index contributed by atoms with van der Waals surface area (Å²) in [7, 11) is -4.90. The average Bonchev–Trinajstić information content (AvgIpc) is 2.58. The average molecular weight is 433 g/mol. The van der Waals surface area contributed by atoms with Gasteiger partial charge in [-0.2, -0.15) is 0 Å². The monoisotopic (exact) mass is 432 g/mol. The molecule has 0 aromatic rings.